The van der Waals surface area contributed by atoms with Gasteiger partial charge >= 0.3 is 17.9 Å². The van der Waals surface area contributed by atoms with Crippen LogP contribution < -0.4 is 0 Å². The van der Waals surface area contributed by atoms with Crippen LogP contribution in [0, 0.1) is 11.3 Å². The van der Waals surface area contributed by atoms with Crippen molar-refractivity contribution in [3.05, 3.63) is 22.8 Å². The summed E-state index contributed by atoms with van der Waals surface area (Å²) in [5.74, 6) is -3.30. The highest BCUT2D eigenvalue weighted by Crippen LogP contribution is 2.61. The zero-order valence-corrected chi connectivity index (χ0v) is 18.0. The Morgan fingerprint density at radius 1 is 1.28 bits per heavy atom. The molecule has 7 nitrogen and oxygen atoms in total. The van der Waals surface area contributed by atoms with Gasteiger partial charge in [0.05, 0.1) is 0 Å². The van der Waals surface area contributed by atoms with Crippen LogP contribution in [0.2, 0.25) is 0 Å². The van der Waals surface area contributed by atoms with Crippen LogP contribution in [0.25, 0.3) is 0 Å². The molecule has 1 aliphatic heterocycles. The minimum atomic E-state index is -1.62. The first-order valence-corrected chi connectivity index (χ1v) is 10.1. The Morgan fingerprint density at radius 3 is 2.52 bits per heavy atom. The van der Waals surface area contributed by atoms with Gasteiger partial charge in [-0.05, 0) is 52.4 Å². The van der Waals surface area contributed by atoms with Crippen LogP contribution in [0.3, 0.4) is 0 Å². The van der Waals surface area contributed by atoms with Crippen LogP contribution in [0.15, 0.2) is 22.8 Å². The number of carbonyl (C=O) groups excluding carboxylic acids is 3. The second-order valence-corrected chi connectivity index (χ2v) is 9.05. The van der Waals surface area contributed by atoms with E-state index < -0.39 is 40.8 Å². The maximum atomic E-state index is 12.4. The lowest BCUT2D eigenvalue weighted by molar-refractivity contribution is -0.246. The summed E-state index contributed by atoms with van der Waals surface area (Å²) in [4.78, 5) is 36.6. The van der Waals surface area contributed by atoms with E-state index >= 15 is 0 Å². The fraction of sp³-hybridized carbons (Fsp3) is 0.682. The number of carbonyl (C=O) groups is 3. The molecule has 7 heteroatoms. The van der Waals surface area contributed by atoms with Gasteiger partial charge in [-0.3, -0.25) is 4.79 Å². The maximum absolute atomic E-state index is 12.4. The largest absolute Gasteiger partial charge is 0.455 e. The molecule has 1 N–H and O–H groups in total. The van der Waals surface area contributed by atoms with Crippen molar-refractivity contribution in [2.24, 2.45) is 11.3 Å². The summed E-state index contributed by atoms with van der Waals surface area (Å²) in [5.41, 5.74) is -0.160. The summed E-state index contributed by atoms with van der Waals surface area (Å²) in [6.07, 6.45) is 2.70. The highest BCUT2D eigenvalue weighted by Gasteiger charge is 2.65. The number of esters is 3. The Morgan fingerprint density at radius 2 is 1.93 bits per heavy atom. The van der Waals surface area contributed by atoms with E-state index in [0.717, 1.165) is 0 Å². The second-order valence-electron chi connectivity index (χ2n) is 9.05. The lowest BCUT2D eigenvalue weighted by Gasteiger charge is -2.58. The number of ether oxygens (including phenoxy) is 3. The van der Waals surface area contributed by atoms with E-state index in [0.29, 0.717) is 36.0 Å². The number of rotatable bonds is 3. The zero-order valence-electron chi connectivity index (χ0n) is 18.0. The van der Waals surface area contributed by atoms with E-state index in [1.807, 2.05) is 6.92 Å². The standard InChI is InChI=1S/C22H30O7/c1-7-12(2)18(24)27-17-8-9-20(5)11-22(26)15(13(3)19(25)29-22)10-16(20)21(17,6)28-14(4)23/h7,16-17,26H,8-11H2,1-6H3/b12-7-/t16-,17+,20-,21+,22+/m1/s1. The third-order valence-corrected chi connectivity index (χ3v) is 7.06. The topological polar surface area (TPSA) is 99.1 Å². The molecule has 2 saturated carbocycles. The number of hydrogen-bond acceptors (Lipinski definition) is 7. The normalized spacial score (nSPS) is 39.4. The fourth-order valence-electron chi connectivity index (χ4n) is 5.38. The Labute approximate surface area is 171 Å². The van der Waals surface area contributed by atoms with Gasteiger partial charge in [0, 0.05) is 36.0 Å². The van der Waals surface area contributed by atoms with Gasteiger partial charge in [-0.25, -0.2) is 9.59 Å². The summed E-state index contributed by atoms with van der Waals surface area (Å²) in [6, 6.07) is 0. The van der Waals surface area contributed by atoms with Crippen LogP contribution in [0.4, 0.5) is 0 Å². The van der Waals surface area contributed by atoms with Crippen LogP contribution >= 0.6 is 0 Å². The van der Waals surface area contributed by atoms with Gasteiger partial charge in [-0.1, -0.05) is 13.0 Å². The van der Waals surface area contributed by atoms with Crippen LogP contribution in [0.5, 0.6) is 0 Å². The third-order valence-electron chi connectivity index (χ3n) is 7.06. The smallest absolute Gasteiger partial charge is 0.336 e. The predicted molar refractivity (Wildman–Crippen MR) is 103 cm³/mol. The molecule has 2 aliphatic carbocycles. The van der Waals surface area contributed by atoms with Crippen molar-refractivity contribution < 1.29 is 33.7 Å². The summed E-state index contributed by atoms with van der Waals surface area (Å²) < 4.78 is 16.9. The van der Waals surface area contributed by atoms with E-state index in [4.69, 9.17) is 14.2 Å². The molecule has 5 atom stereocenters. The quantitative estimate of drug-likeness (QED) is 0.437. The van der Waals surface area contributed by atoms with Crippen molar-refractivity contribution in [3.63, 3.8) is 0 Å². The lowest BCUT2D eigenvalue weighted by Crippen LogP contribution is -2.63. The van der Waals surface area contributed by atoms with Crippen molar-refractivity contribution in [1.29, 1.82) is 0 Å². The molecule has 2 fully saturated rings. The van der Waals surface area contributed by atoms with Crippen molar-refractivity contribution in [1.82, 2.24) is 0 Å². The zero-order chi connectivity index (χ0) is 21.8. The molecular weight excluding hydrogens is 376 g/mol. The van der Waals surface area contributed by atoms with Crippen molar-refractivity contribution in [3.8, 4) is 0 Å². The van der Waals surface area contributed by atoms with Crippen LogP contribution in [-0.2, 0) is 28.6 Å². The maximum Gasteiger partial charge on any atom is 0.336 e. The minimum absolute atomic E-state index is 0.217. The Bertz CT molecular complexity index is 825. The van der Waals surface area contributed by atoms with E-state index in [-0.39, 0.29) is 12.3 Å². The summed E-state index contributed by atoms with van der Waals surface area (Å²) in [7, 11) is 0. The Kier molecular flexibility index (Phi) is 5.18. The average molecular weight is 406 g/mol. The predicted octanol–water partition coefficient (Wildman–Crippen LogP) is 2.96. The summed E-state index contributed by atoms with van der Waals surface area (Å²) >= 11 is 0. The van der Waals surface area contributed by atoms with Gasteiger partial charge in [-0.2, -0.15) is 0 Å². The molecule has 0 bridgehead atoms. The fourth-order valence-corrected chi connectivity index (χ4v) is 5.38. The van der Waals surface area contributed by atoms with Gasteiger partial charge in [0.2, 0.25) is 5.79 Å². The highest BCUT2D eigenvalue weighted by atomic mass is 16.7. The molecule has 0 aromatic rings. The molecule has 160 valence electrons. The van der Waals surface area contributed by atoms with Crippen LogP contribution in [-0.4, -0.2) is 40.5 Å². The second kappa shape index (κ2) is 6.97. The summed E-state index contributed by atoms with van der Waals surface area (Å²) in [6.45, 7) is 10.2. The van der Waals surface area contributed by atoms with E-state index in [1.165, 1.54) is 6.92 Å². The monoisotopic (exact) mass is 406 g/mol. The molecule has 0 aromatic carbocycles. The molecule has 0 spiro atoms. The molecule has 0 saturated heterocycles. The molecule has 1 heterocycles. The molecular formula is C22H30O7. The van der Waals surface area contributed by atoms with E-state index in [2.05, 4.69) is 0 Å². The Balaban J connectivity index is 2.02. The van der Waals surface area contributed by atoms with Crippen LogP contribution in [0.1, 0.15) is 67.2 Å². The number of hydrogen-bond donors (Lipinski definition) is 1. The lowest BCUT2D eigenvalue weighted by atomic mass is 9.52. The van der Waals surface area contributed by atoms with E-state index in [9.17, 15) is 19.5 Å². The molecule has 0 amide bonds. The first-order valence-electron chi connectivity index (χ1n) is 10.1. The van der Waals surface area contributed by atoms with Gasteiger partial charge in [-0.15, -0.1) is 0 Å². The summed E-state index contributed by atoms with van der Waals surface area (Å²) in [5, 5.41) is 11.0. The number of fused-ring (bicyclic) bond motifs is 2. The molecule has 0 unspecified atom stereocenters. The molecule has 3 rings (SSSR count). The average Bonchev–Trinajstić information content (AvgIpc) is 2.82. The minimum Gasteiger partial charge on any atom is -0.455 e. The first-order chi connectivity index (χ1) is 13.4. The number of aliphatic hydroxyl groups is 1. The third kappa shape index (κ3) is 3.39. The highest BCUT2D eigenvalue weighted by molar-refractivity contribution is 5.92. The Hall–Kier alpha value is -2.15. The van der Waals surface area contributed by atoms with Gasteiger partial charge in [0.1, 0.15) is 11.7 Å². The number of allylic oxidation sites excluding steroid dienone is 1. The molecule has 3 aliphatic rings. The van der Waals surface area contributed by atoms with Gasteiger partial charge < -0.3 is 19.3 Å². The van der Waals surface area contributed by atoms with Gasteiger partial charge in [0.15, 0.2) is 0 Å². The van der Waals surface area contributed by atoms with E-state index in [1.54, 1.807) is 33.8 Å². The van der Waals surface area contributed by atoms with Crippen molar-refractivity contribution >= 4 is 17.9 Å². The SMILES string of the molecule is C/C=C(/C)C(=O)O[C@H]1CC[C@]2(C)C[C@]3(O)OC(=O)C(C)=C3C[C@H]2[C@]1(C)OC(C)=O. The van der Waals surface area contributed by atoms with Gasteiger partial charge in [0.25, 0.3) is 0 Å². The molecule has 0 radical (unpaired) electrons. The van der Waals surface area contributed by atoms with Crippen molar-refractivity contribution in [2.75, 3.05) is 0 Å². The molecule has 0 aromatic heterocycles. The molecule has 29 heavy (non-hydrogen) atoms. The van der Waals surface area contributed by atoms with Crippen molar-refractivity contribution in [2.45, 2.75) is 84.7 Å². The first kappa shape index (κ1) is 21.6.